The fraction of sp³-hybridized carbons (Fsp3) is 1.00. The van der Waals surface area contributed by atoms with Gasteiger partial charge in [0.2, 0.25) is 0 Å². The van der Waals surface area contributed by atoms with Gasteiger partial charge in [0.05, 0.1) is 18.3 Å². The van der Waals surface area contributed by atoms with Crippen molar-refractivity contribution in [1.82, 2.24) is 0 Å². The van der Waals surface area contributed by atoms with Crippen molar-refractivity contribution in [3.05, 3.63) is 0 Å². The number of aliphatic hydroxyl groups is 1. The van der Waals surface area contributed by atoms with Crippen molar-refractivity contribution >= 4 is 0 Å². The van der Waals surface area contributed by atoms with Crippen LogP contribution >= 0.6 is 0 Å². The van der Waals surface area contributed by atoms with Crippen LogP contribution in [0.5, 0.6) is 0 Å². The summed E-state index contributed by atoms with van der Waals surface area (Å²) in [6.45, 7) is 0. The van der Waals surface area contributed by atoms with Crippen LogP contribution in [-0.2, 0) is 4.74 Å². The van der Waals surface area contributed by atoms with Crippen molar-refractivity contribution in [2.75, 3.05) is 0 Å². The molecule has 46 valence electrons. The molecule has 2 fully saturated rings. The second-order valence-electron chi connectivity index (χ2n) is 2.68. The van der Waals surface area contributed by atoms with E-state index in [1.807, 2.05) is 0 Å². The Balaban J connectivity index is 1.93. The highest BCUT2D eigenvalue weighted by molar-refractivity contribution is 4.91. The summed E-state index contributed by atoms with van der Waals surface area (Å²) in [5.41, 5.74) is 0. The highest BCUT2D eigenvalue weighted by Crippen LogP contribution is 2.36. The SMILES string of the molecule is OC1CCC2OC2C1. The lowest BCUT2D eigenvalue weighted by molar-refractivity contribution is 0.139. The van der Waals surface area contributed by atoms with Crippen molar-refractivity contribution in [3.8, 4) is 0 Å². The van der Waals surface area contributed by atoms with Crippen LogP contribution in [0.2, 0.25) is 0 Å². The predicted molar refractivity (Wildman–Crippen MR) is 28.5 cm³/mol. The number of hydrogen-bond acceptors (Lipinski definition) is 2. The van der Waals surface area contributed by atoms with E-state index in [0.717, 1.165) is 19.3 Å². The van der Waals surface area contributed by atoms with Gasteiger partial charge in [-0.2, -0.15) is 0 Å². The number of aliphatic hydroxyl groups excluding tert-OH is 1. The molecule has 3 atom stereocenters. The fourth-order valence-corrected chi connectivity index (χ4v) is 1.38. The van der Waals surface area contributed by atoms with Crippen LogP contribution < -0.4 is 0 Å². The van der Waals surface area contributed by atoms with E-state index in [-0.39, 0.29) is 6.10 Å². The molecule has 1 aliphatic carbocycles. The Labute approximate surface area is 48.5 Å². The van der Waals surface area contributed by atoms with Crippen LogP contribution in [0.1, 0.15) is 19.3 Å². The molecule has 2 rings (SSSR count). The minimum Gasteiger partial charge on any atom is -0.393 e. The molecular formula is C6H10O2. The van der Waals surface area contributed by atoms with Crippen LogP contribution in [0.15, 0.2) is 0 Å². The molecule has 1 N–H and O–H groups in total. The van der Waals surface area contributed by atoms with Crippen LogP contribution in [0, 0.1) is 0 Å². The van der Waals surface area contributed by atoms with Gasteiger partial charge in [-0.1, -0.05) is 0 Å². The zero-order valence-corrected chi connectivity index (χ0v) is 4.71. The van der Waals surface area contributed by atoms with Gasteiger partial charge in [0.25, 0.3) is 0 Å². The first-order chi connectivity index (χ1) is 3.86. The van der Waals surface area contributed by atoms with Crippen LogP contribution in [-0.4, -0.2) is 23.4 Å². The minimum absolute atomic E-state index is 0.0706. The van der Waals surface area contributed by atoms with Gasteiger partial charge in [-0.05, 0) is 12.8 Å². The Morgan fingerprint density at radius 3 is 2.75 bits per heavy atom. The van der Waals surface area contributed by atoms with Gasteiger partial charge in [0, 0.05) is 6.42 Å². The number of epoxide rings is 1. The van der Waals surface area contributed by atoms with E-state index in [1.54, 1.807) is 0 Å². The molecule has 0 spiro atoms. The summed E-state index contributed by atoms with van der Waals surface area (Å²) < 4.78 is 5.19. The molecule has 0 aromatic carbocycles. The normalized spacial score (nSPS) is 52.9. The molecule has 2 nitrogen and oxygen atoms in total. The fourth-order valence-electron chi connectivity index (χ4n) is 1.38. The van der Waals surface area contributed by atoms with Gasteiger partial charge in [-0.15, -0.1) is 0 Å². The van der Waals surface area contributed by atoms with Crippen molar-refractivity contribution in [2.24, 2.45) is 0 Å². The van der Waals surface area contributed by atoms with E-state index in [2.05, 4.69) is 0 Å². The molecule has 0 aromatic heterocycles. The summed E-state index contributed by atoms with van der Waals surface area (Å²) >= 11 is 0. The Bertz CT molecular complexity index is 103. The maximum Gasteiger partial charge on any atom is 0.0866 e. The molecule has 0 radical (unpaired) electrons. The number of hydrogen-bond donors (Lipinski definition) is 1. The van der Waals surface area contributed by atoms with Crippen molar-refractivity contribution < 1.29 is 9.84 Å². The first-order valence-electron chi connectivity index (χ1n) is 3.20. The molecule has 0 amide bonds. The van der Waals surface area contributed by atoms with Crippen LogP contribution in [0.4, 0.5) is 0 Å². The first-order valence-corrected chi connectivity index (χ1v) is 3.20. The summed E-state index contributed by atoms with van der Waals surface area (Å²) in [7, 11) is 0. The molecule has 1 saturated carbocycles. The molecule has 1 saturated heterocycles. The molecule has 1 heterocycles. The Kier molecular flexibility index (Phi) is 0.866. The van der Waals surface area contributed by atoms with Crippen molar-refractivity contribution in [3.63, 3.8) is 0 Å². The lowest BCUT2D eigenvalue weighted by Gasteiger charge is -2.10. The van der Waals surface area contributed by atoms with E-state index in [1.165, 1.54) is 0 Å². The third-order valence-corrected chi connectivity index (χ3v) is 1.98. The van der Waals surface area contributed by atoms with Gasteiger partial charge in [-0.3, -0.25) is 0 Å². The van der Waals surface area contributed by atoms with E-state index in [9.17, 15) is 0 Å². The zero-order valence-electron chi connectivity index (χ0n) is 4.71. The Hall–Kier alpha value is -0.0800. The van der Waals surface area contributed by atoms with Gasteiger partial charge < -0.3 is 9.84 Å². The predicted octanol–water partition coefficient (Wildman–Crippen LogP) is 0.299. The van der Waals surface area contributed by atoms with Gasteiger partial charge in [-0.25, -0.2) is 0 Å². The second kappa shape index (κ2) is 1.45. The average Bonchev–Trinajstić information content (AvgIpc) is 2.43. The monoisotopic (exact) mass is 114 g/mol. The highest BCUT2D eigenvalue weighted by Gasteiger charge is 2.43. The van der Waals surface area contributed by atoms with Gasteiger partial charge >= 0.3 is 0 Å². The summed E-state index contributed by atoms with van der Waals surface area (Å²) in [6, 6.07) is 0. The molecule has 2 aliphatic rings. The molecule has 3 unspecified atom stereocenters. The van der Waals surface area contributed by atoms with E-state index >= 15 is 0 Å². The summed E-state index contributed by atoms with van der Waals surface area (Å²) in [6.07, 6.45) is 3.79. The smallest absolute Gasteiger partial charge is 0.0866 e. The Morgan fingerprint density at radius 1 is 1.25 bits per heavy atom. The Morgan fingerprint density at radius 2 is 2.12 bits per heavy atom. The maximum absolute atomic E-state index is 9.03. The number of rotatable bonds is 0. The summed E-state index contributed by atoms with van der Waals surface area (Å²) in [5, 5.41) is 9.03. The molecular weight excluding hydrogens is 104 g/mol. The molecule has 8 heavy (non-hydrogen) atoms. The summed E-state index contributed by atoms with van der Waals surface area (Å²) in [4.78, 5) is 0. The molecule has 0 aromatic rings. The zero-order chi connectivity index (χ0) is 5.56. The lowest BCUT2D eigenvalue weighted by Crippen LogP contribution is -2.17. The number of ether oxygens (including phenoxy) is 1. The molecule has 0 bridgehead atoms. The van der Waals surface area contributed by atoms with E-state index in [4.69, 9.17) is 9.84 Å². The van der Waals surface area contributed by atoms with Crippen molar-refractivity contribution in [2.45, 2.75) is 37.6 Å². The quantitative estimate of drug-likeness (QED) is 0.459. The second-order valence-corrected chi connectivity index (χ2v) is 2.68. The lowest BCUT2D eigenvalue weighted by atomic mass is 9.98. The molecule has 1 aliphatic heterocycles. The highest BCUT2D eigenvalue weighted by atomic mass is 16.6. The van der Waals surface area contributed by atoms with Crippen molar-refractivity contribution in [1.29, 1.82) is 0 Å². The summed E-state index contributed by atoms with van der Waals surface area (Å²) in [5.74, 6) is 0. The largest absolute Gasteiger partial charge is 0.393 e. The number of fused-ring (bicyclic) bond motifs is 1. The molecule has 2 heteroatoms. The third kappa shape index (κ3) is 0.644. The maximum atomic E-state index is 9.03. The van der Waals surface area contributed by atoms with Gasteiger partial charge in [0.15, 0.2) is 0 Å². The average molecular weight is 114 g/mol. The van der Waals surface area contributed by atoms with E-state index < -0.39 is 0 Å². The van der Waals surface area contributed by atoms with Crippen LogP contribution in [0.25, 0.3) is 0 Å². The van der Waals surface area contributed by atoms with Crippen LogP contribution in [0.3, 0.4) is 0 Å². The first kappa shape index (κ1) is 4.77. The van der Waals surface area contributed by atoms with Gasteiger partial charge in [0.1, 0.15) is 0 Å². The standard InChI is InChI=1S/C6H10O2/c7-4-1-2-5-6(3-4)8-5/h4-7H,1-3H2. The van der Waals surface area contributed by atoms with E-state index in [0.29, 0.717) is 12.2 Å². The minimum atomic E-state index is -0.0706. The topological polar surface area (TPSA) is 32.8 Å². The third-order valence-electron chi connectivity index (χ3n) is 1.98.